The molecule has 4 heterocycles. The number of piperidine rings is 1. The van der Waals surface area contributed by atoms with Gasteiger partial charge < -0.3 is 25.0 Å². The first-order valence-electron chi connectivity index (χ1n) is 11.8. The Morgan fingerprint density at radius 3 is 2.97 bits per heavy atom. The topological polar surface area (TPSA) is 107 Å². The summed E-state index contributed by atoms with van der Waals surface area (Å²) in [4.78, 5) is 32.4. The van der Waals surface area contributed by atoms with E-state index in [4.69, 9.17) is 4.74 Å². The van der Waals surface area contributed by atoms with E-state index in [1.165, 1.54) is 17.7 Å². The van der Waals surface area contributed by atoms with Gasteiger partial charge in [0.1, 0.15) is 0 Å². The van der Waals surface area contributed by atoms with Gasteiger partial charge in [-0.15, -0.1) is 0 Å². The summed E-state index contributed by atoms with van der Waals surface area (Å²) in [5, 5.41) is 16.5. The van der Waals surface area contributed by atoms with Crippen molar-refractivity contribution in [2.45, 2.75) is 51.2 Å². The quantitative estimate of drug-likeness (QED) is 0.498. The predicted molar refractivity (Wildman–Crippen MR) is 124 cm³/mol. The van der Waals surface area contributed by atoms with Gasteiger partial charge in [0.25, 0.3) is 0 Å². The highest BCUT2D eigenvalue weighted by Crippen LogP contribution is 2.29. The van der Waals surface area contributed by atoms with Gasteiger partial charge in [0.05, 0.1) is 25.2 Å². The molecule has 0 aliphatic carbocycles. The van der Waals surface area contributed by atoms with Crippen molar-refractivity contribution in [1.29, 1.82) is 0 Å². The Bertz CT molecular complexity index is 914. The number of carboxylic acids is 1. The number of fused-ring (bicyclic) bond motifs is 1. The molecule has 0 bridgehead atoms. The number of carbonyl (C=O) groups is 2. The lowest BCUT2D eigenvalue weighted by atomic mass is 9.99. The smallest absolute Gasteiger partial charge is 0.320 e. The average Bonchev–Trinajstić information content (AvgIpc) is 3.18. The van der Waals surface area contributed by atoms with Crippen LogP contribution in [0.5, 0.6) is 5.88 Å². The molecule has 1 aromatic rings. The first kappa shape index (κ1) is 23.1. The Labute approximate surface area is 194 Å². The average molecular weight is 456 g/mol. The molecule has 178 valence electrons. The van der Waals surface area contributed by atoms with Crippen LogP contribution in [-0.4, -0.2) is 70.8 Å². The normalized spacial score (nSPS) is 21.1. The van der Waals surface area contributed by atoms with Crippen molar-refractivity contribution < 1.29 is 19.4 Å². The molecule has 9 heteroatoms. The largest absolute Gasteiger partial charge is 0.481 e. The number of nitrogens with zero attached hydrogens (tertiary/aromatic N) is 3. The number of amides is 2. The minimum absolute atomic E-state index is 0.114. The Kier molecular flexibility index (Phi) is 7.49. The number of dihydropyridines is 1. The maximum Gasteiger partial charge on any atom is 0.320 e. The van der Waals surface area contributed by atoms with Gasteiger partial charge in [0.15, 0.2) is 0 Å². The van der Waals surface area contributed by atoms with E-state index in [0.29, 0.717) is 37.7 Å². The molecule has 2 fully saturated rings. The molecule has 9 nitrogen and oxygen atoms in total. The monoisotopic (exact) mass is 455 g/mol. The van der Waals surface area contributed by atoms with Crippen LogP contribution in [0.15, 0.2) is 41.8 Å². The van der Waals surface area contributed by atoms with E-state index in [-0.39, 0.29) is 18.6 Å². The molecule has 3 aliphatic rings. The van der Waals surface area contributed by atoms with Gasteiger partial charge in [0, 0.05) is 37.6 Å². The number of carboxylic acid groups (broad SMARTS) is 1. The van der Waals surface area contributed by atoms with E-state index in [2.05, 4.69) is 27.8 Å². The zero-order chi connectivity index (χ0) is 23.2. The summed E-state index contributed by atoms with van der Waals surface area (Å²) >= 11 is 0. The number of rotatable bonds is 10. The van der Waals surface area contributed by atoms with Gasteiger partial charge in [-0.05, 0) is 56.4 Å². The standard InChI is InChI=1S/C24H33N5O4/c1-2-33-21-10-8-18(16-26-21)20(15-22(30)31)29-14-13-28(24(29)32)12-4-6-19-9-7-17-5-3-11-25-23(17)27-19/h7-10,16,20,23,25,27H,2-6,11-15H2,1H3,(H,30,31)/t20-,23?/m0/s1. The van der Waals surface area contributed by atoms with Crippen LogP contribution >= 0.6 is 0 Å². The molecule has 0 aromatic carbocycles. The number of aliphatic carboxylic acids is 1. The van der Waals surface area contributed by atoms with Gasteiger partial charge in [-0.25, -0.2) is 9.78 Å². The molecule has 2 saturated heterocycles. The molecular weight excluding hydrogens is 422 g/mol. The molecule has 1 aromatic heterocycles. The van der Waals surface area contributed by atoms with Gasteiger partial charge in [0.2, 0.25) is 5.88 Å². The predicted octanol–water partition coefficient (Wildman–Crippen LogP) is 2.64. The lowest BCUT2D eigenvalue weighted by Gasteiger charge is -2.32. The van der Waals surface area contributed by atoms with Crippen molar-refractivity contribution in [1.82, 2.24) is 25.4 Å². The molecule has 3 aliphatic heterocycles. The summed E-state index contributed by atoms with van der Waals surface area (Å²) < 4.78 is 5.38. The van der Waals surface area contributed by atoms with Crippen LogP contribution in [-0.2, 0) is 4.79 Å². The zero-order valence-corrected chi connectivity index (χ0v) is 19.1. The third-order valence-corrected chi connectivity index (χ3v) is 6.37. The molecule has 0 radical (unpaired) electrons. The van der Waals surface area contributed by atoms with Crippen LogP contribution in [0.1, 0.15) is 50.6 Å². The van der Waals surface area contributed by atoms with E-state index in [9.17, 15) is 14.7 Å². The number of urea groups is 1. The second-order valence-electron chi connectivity index (χ2n) is 8.61. The summed E-state index contributed by atoms with van der Waals surface area (Å²) in [6.45, 7) is 5.16. The first-order valence-corrected chi connectivity index (χ1v) is 11.8. The number of carbonyl (C=O) groups excluding carboxylic acids is 1. The summed E-state index contributed by atoms with van der Waals surface area (Å²) in [5.41, 5.74) is 3.30. The summed E-state index contributed by atoms with van der Waals surface area (Å²) in [6, 6.07) is 2.85. The number of pyridine rings is 1. The van der Waals surface area contributed by atoms with Crippen molar-refractivity contribution in [2.24, 2.45) is 0 Å². The van der Waals surface area contributed by atoms with Gasteiger partial charge in [-0.3, -0.25) is 10.1 Å². The van der Waals surface area contributed by atoms with Crippen LogP contribution < -0.4 is 15.4 Å². The number of hydrogen-bond donors (Lipinski definition) is 3. The van der Waals surface area contributed by atoms with Crippen molar-refractivity contribution in [2.75, 3.05) is 32.8 Å². The number of nitrogens with one attached hydrogen (secondary N) is 2. The van der Waals surface area contributed by atoms with E-state index in [1.807, 2.05) is 11.8 Å². The Morgan fingerprint density at radius 1 is 1.33 bits per heavy atom. The van der Waals surface area contributed by atoms with Crippen LogP contribution in [0.4, 0.5) is 4.79 Å². The van der Waals surface area contributed by atoms with E-state index in [0.717, 1.165) is 25.8 Å². The lowest BCUT2D eigenvalue weighted by Crippen LogP contribution is -2.47. The van der Waals surface area contributed by atoms with Gasteiger partial charge >= 0.3 is 12.0 Å². The number of hydrogen-bond acceptors (Lipinski definition) is 6. The zero-order valence-electron chi connectivity index (χ0n) is 19.1. The highest BCUT2D eigenvalue weighted by molar-refractivity contribution is 5.78. The van der Waals surface area contributed by atoms with Gasteiger partial charge in [-0.1, -0.05) is 12.1 Å². The Balaban J connectivity index is 1.33. The molecule has 2 amide bonds. The molecule has 1 unspecified atom stereocenters. The van der Waals surface area contributed by atoms with E-state index >= 15 is 0 Å². The third-order valence-electron chi connectivity index (χ3n) is 6.37. The third kappa shape index (κ3) is 5.65. The minimum atomic E-state index is -0.945. The second-order valence-corrected chi connectivity index (χ2v) is 8.61. The summed E-state index contributed by atoms with van der Waals surface area (Å²) in [6.07, 6.45) is 10.1. The molecule has 33 heavy (non-hydrogen) atoms. The van der Waals surface area contributed by atoms with Crippen molar-refractivity contribution >= 4 is 12.0 Å². The number of ether oxygens (including phenoxy) is 1. The fraction of sp³-hybridized carbons (Fsp3) is 0.542. The SMILES string of the molecule is CCOc1ccc([C@H](CC(=O)O)N2CCN(CCCC3=CC=C4CCCNC4N3)C2=O)cn1. The molecule has 3 N–H and O–H groups in total. The summed E-state index contributed by atoms with van der Waals surface area (Å²) in [5.74, 6) is -0.458. The summed E-state index contributed by atoms with van der Waals surface area (Å²) in [7, 11) is 0. The van der Waals surface area contributed by atoms with Crippen LogP contribution in [0.25, 0.3) is 0 Å². The van der Waals surface area contributed by atoms with Crippen LogP contribution in [0.3, 0.4) is 0 Å². The van der Waals surface area contributed by atoms with Crippen molar-refractivity contribution in [3.8, 4) is 5.88 Å². The van der Waals surface area contributed by atoms with Crippen molar-refractivity contribution in [3.63, 3.8) is 0 Å². The number of aromatic nitrogens is 1. The fourth-order valence-corrected chi connectivity index (χ4v) is 4.69. The van der Waals surface area contributed by atoms with E-state index in [1.54, 1.807) is 23.2 Å². The number of allylic oxidation sites excluding steroid dienone is 3. The molecule has 4 rings (SSSR count). The maximum atomic E-state index is 13.1. The van der Waals surface area contributed by atoms with Crippen molar-refractivity contribution in [3.05, 3.63) is 47.3 Å². The van der Waals surface area contributed by atoms with Crippen LogP contribution in [0, 0.1) is 0 Å². The Hall–Kier alpha value is -3.07. The maximum absolute atomic E-state index is 13.1. The molecular formula is C24H33N5O4. The molecule has 2 atom stereocenters. The first-order chi connectivity index (χ1) is 16.0. The van der Waals surface area contributed by atoms with Gasteiger partial charge in [-0.2, -0.15) is 0 Å². The lowest BCUT2D eigenvalue weighted by molar-refractivity contribution is -0.138. The highest BCUT2D eigenvalue weighted by Gasteiger charge is 2.35. The molecule has 0 spiro atoms. The Morgan fingerprint density at radius 2 is 2.21 bits per heavy atom. The fourth-order valence-electron chi connectivity index (χ4n) is 4.69. The highest BCUT2D eigenvalue weighted by atomic mass is 16.5. The van der Waals surface area contributed by atoms with Crippen LogP contribution in [0.2, 0.25) is 0 Å². The molecule has 0 saturated carbocycles. The van der Waals surface area contributed by atoms with E-state index < -0.39 is 12.0 Å². The minimum Gasteiger partial charge on any atom is -0.481 e. The second kappa shape index (κ2) is 10.7.